The van der Waals surface area contributed by atoms with E-state index in [2.05, 4.69) is 59.2 Å². The van der Waals surface area contributed by atoms with Gasteiger partial charge in [-0.05, 0) is 97.5 Å². The molecular weight excluding hydrogens is 539 g/mol. The summed E-state index contributed by atoms with van der Waals surface area (Å²) in [5.41, 5.74) is 6.76. The number of phenolic OH excluding ortho intramolecular Hbond substituents is 1. The molecule has 0 unspecified atom stereocenters. The number of benzene rings is 4. The van der Waals surface area contributed by atoms with Crippen LogP contribution in [0.3, 0.4) is 0 Å². The van der Waals surface area contributed by atoms with Crippen molar-refractivity contribution in [3.8, 4) is 16.9 Å². The van der Waals surface area contributed by atoms with Crippen molar-refractivity contribution in [3.05, 3.63) is 119 Å². The Morgan fingerprint density at radius 1 is 0.907 bits per heavy atom. The normalized spacial score (nSPS) is 16.3. The van der Waals surface area contributed by atoms with Gasteiger partial charge in [0, 0.05) is 53.7 Å². The zero-order valence-electron chi connectivity index (χ0n) is 24.4. The second-order valence-electron chi connectivity index (χ2n) is 12.0. The molecule has 0 aliphatic carbocycles. The second kappa shape index (κ2) is 10.9. The zero-order valence-corrected chi connectivity index (χ0v) is 24.4. The molecule has 1 atom stereocenters. The number of carbonyl (C=O) groups is 1. The maximum atomic E-state index is 14.5. The van der Waals surface area contributed by atoms with Gasteiger partial charge in [0.15, 0.2) is 0 Å². The van der Waals surface area contributed by atoms with Crippen molar-refractivity contribution in [2.24, 2.45) is 0 Å². The summed E-state index contributed by atoms with van der Waals surface area (Å²) in [5, 5.41) is 11.8. The lowest BCUT2D eigenvalue weighted by molar-refractivity contribution is 0.0726. The number of nitrogens with one attached hydrogen (secondary N) is 1. The largest absolute Gasteiger partial charge is 0.508 e. The van der Waals surface area contributed by atoms with E-state index in [1.807, 2.05) is 42.5 Å². The zero-order chi connectivity index (χ0) is 29.7. The van der Waals surface area contributed by atoms with Gasteiger partial charge in [0.1, 0.15) is 17.6 Å². The Kier molecular flexibility index (Phi) is 6.90. The van der Waals surface area contributed by atoms with Crippen LogP contribution >= 0.6 is 0 Å². The number of anilines is 1. The fourth-order valence-corrected chi connectivity index (χ4v) is 6.71. The minimum Gasteiger partial charge on any atom is -0.508 e. The van der Waals surface area contributed by atoms with E-state index < -0.39 is 11.9 Å². The van der Waals surface area contributed by atoms with E-state index in [4.69, 9.17) is 0 Å². The van der Waals surface area contributed by atoms with Crippen molar-refractivity contribution in [3.63, 3.8) is 0 Å². The molecular formula is C36H35FN4O2. The summed E-state index contributed by atoms with van der Waals surface area (Å²) in [6, 6.07) is 28.3. The Hall–Kier alpha value is -4.62. The smallest absolute Gasteiger partial charge is 0.255 e. The van der Waals surface area contributed by atoms with Crippen LogP contribution in [0.5, 0.6) is 5.75 Å². The second-order valence-corrected chi connectivity index (χ2v) is 12.0. The Bertz CT molecular complexity index is 1770. The summed E-state index contributed by atoms with van der Waals surface area (Å²) < 4.78 is 14.5. The van der Waals surface area contributed by atoms with Crippen LogP contribution in [-0.4, -0.2) is 59.0 Å². The van der Waals surface area contributed by atoms with Gasteiger partial charge in [-0.15, -0.1) is 0 Å². The Labute approximate surface area is 251 Å². The first kappa shape index (κ1) is 27.2. The first-order valence-corrected chi connectivity index (χ1v) is 14.9. The van der Waals surface area contributed by atoms with Gasteiger partial charge in [-0.2, -0.15) is 0 Å². The Morgan fingerprint density at radius 3 is 2.40 bits per heavy atom. The predicted octanol–water partition coefficient (Wildman–Crippen LogP) is 6.96. The molecule has 1 amide bonds. The van der Waals surface area contributed by atoms with Crippen molar-refractivity contribution < 1.29 is 14.3 Å². The number of fused-ring (bicyclic) bond motifs is 2. The van der Waals surface area contributed by atoms with Crippen molar-refractivity contribution in [2.75, 3.05) is 32.1 Å². The molecule has 1 saturated heterocycles. The van der Waals surface area contributed by atoms with E-state index in [-0.39, 0.29) is 11.7 Å². The minimum absolute atomic E-state index is 0.0551. The summed E-state index contributed by atoms with van der Waals surface area (Å²) in [6.45, 7) is 2.44. The van der Waals surface area contributed by atoms with E-state index in [9.17, 15) is 14.3 Å². The van der Waals surface area contributed by atoms with E-state index >= 15 is 0 Å². The van der Waals surface area contributed by atoms with E-state index in [1.165, 1.54) is 23.9 Å². The van der Waals surface area contributed by atoms with Crippen LogP contribution in [0.2, 0.25) is 0 Å². The fraction of sp³-hybridized carbons (Fsp3) is 0.250. The SMILES string of the molecule is CN(C)C1CCN(c2ccc(-c3ccc4c(c3)C(=O)N([C@@H](c3cc5ccccc5[nH]3)c3cc(F)ccc3O)C4)cc2)CC1. The molecule has 0 radical (unpaired) electrons. The number of amides is 1. The number of aromatic amines is 1. The van der Waals surface area contributed by atoms with Crippen LogP contribution in [0.1, 0.15) is 46.1 Å². The number of hydrogen-bond acceptors (Lipinski definition) is 4. The molecule has 2 aliphatic rings. The van der Waals surface area contributed by atoms with Crippen molar-refractivity contribution >= 4 is 22.5 Å². The van der Waals surface area contributed by atoms with Gasteiger partial charge in [-0.1, -0.05) is 42.5 Å². The molecule has 7 heteroatoms. The van der Waals surface area contributed by atoms with Crippen molar-refractivity contribution in [1.29, 1.82) is 0 Å². The number of aromatic hydroxyl groups is 1. The molecule has 0 bridgehead atoms. The topological polar surface area (TPSA) is 62.8 Å². The molecule has 2 N–H and O–H groups in total. The van der Waals surface area contributed by atoms with Gasteiger partial charge in [-0.3, -0.25) is 4.79 Å². The molecule has 2 aliphatic heterocycles. The van der Waals surface area contributed by atoms with Crippen LogP contribution < -0.4 is 4.90 Å². The molecule has 218 valence electrons. The lowest BCUT2D eigenvalue weighted by Crippen LogP contribution is -2.41. The number of H-pyrrole nitrogens is 1. The van der Waals surface area contributed by atoms with Crippen molar-refractivity contribution in [2.45, 2.75) is 31.5 Å². The van der Waals surface area contributed by atoms with E-state index in [0.717, 1.165) is 53.5 Å². The van der Waals surface area contributed by atoms with E-state index in [0.29, 0.717) is 29.4 Å². The number of rotatable bonds is 6. The highest BCUT2D eigenvalue weighted by molar-refractivity contribution is 6.00. The quantitative estimate of drug-likeness (QED) is 0.230. The molecule has 0 saturated carbocycles. The first-order valence-electron chi connectivity index (χ1n) is 14.9. The monoisotopic (exact) mass is 574 g/mol. The number of nitrogens with zero attached hydrogens (tertiary/aromatic N) is 3. The van der Waals surface area contributed by atoms with Gasteiger partial charge in [-0.25, -0.2) is 4.39 Å². The molecule has 4 aromatic carbocycles. The highest BCUT2D eigenvalue weighted by Gasteiger charge is 2.37. The number of halogens is 1. The van der Waals surface area contributed by atoms with Crippen LogP contribution in [0.25, 0.3) is 22.0 Å². The lowest BCUT2D eigenvalue weighted by atomic mass is 9.99. The molecule has 3 heterocycles. The average Bonchev–Trinajstić information content (AvgIpc) is 3.60. The number of carbonyl (C=O) groups excluding carboxylic acids is 1. The molecule has 43 heavy (non-hydrogen) atoms. The van der Waals surface area contributed by atoms with E-state index in [1.54, 1.807) is 4.90 Å². The molecule has 6 nitrogen and oxygen atoms in total. The summed E-state index contributed by atoms with van der Waals surface area (Å²) in [7, 11) is 4.31. The van der Waals surface area contributed by atoms with Gasteiger partial charge >= 0.3 is 0 Å². The van der Waals surface area contributed by atoms with Gasteiger partial charge in [0.25, 0.3) is 5.91 Å². The number of phenols is 1. The lowest BCUT2D eigenvalue weighted by Gasteiger charge is -2.36. The molecule has 5 aromatic rings. The van der Waals surface area contributed by atoms with Crippen LogP contribution in [0.4, 0.5) is 10.1 Å². The van der Waals surface area contributed by atoms with Gasteiger partial charge in [0.05, 0.1) is 0 Å². The summed E-state index contributed by atoms with van der Waals surface area (Å²) in [5.74, 6) is -0.670. The van der Waals surface area contributed by atoms with Crippen LogP contribution in [-0.2, 0) is 6.54 Å². The summed E-state index contributed by atoms with van der Waals surface area (Å²) in [4.78, 5) is 23.9. The van der Waals surface area contributed by atoms with Crippen molar-refractivity contribution in [1.82, 2.24) is 14.8 Å². The third-order valence-electron chi connectivity index (χ3n) is 9.14. The maximum absolute atomic E-state index is 14.5. The Balaban J connectivity index is 1.18. The highest BCUT2D eigenvalue weighted by atomic mass is 19.1. The summed E-state index contributed by atoms with van der Waals surface area (Å²) in [6.07, 6.45) is 2.32. The number of para-hydroxylation sites is 1. The fourth-order valence-electron chi connectivity index (χ4n) is 6.71. The molecule has 7 rings (SSSR count). The Morgan fingerprint density at radius 2 is 1.65 bits per heavy atom. The highest BCUT2D eigenvalue weighted by Crippen LogP contribution is 2.41. The summed E-state index contributed by atoms with van der Waals surface area (Å²) >= 11 is 0. The van der Waals surface area contributed by atoms with Crippen LogP contribution in [0, 0.1) is 5.82 Å². The number of aromatic nitrogens is 1. The molecule has 1 fully saturated rings. The third-order valence-corrected chi connectivity index (χ3v) is 9.14. The standard InChI is InChI=1S/C36H35FN4O2/c1-39(2)28-15-17-40(18-16-28)29-12-9-23(10-13-29)24-7-8-26-22-41(36(43)30(26)19-24)35(31-21-27(37)11-14-34(31)42)33-20-25-5-3-4-6-32(25)38-33/h3-14,19-21,28,35,38,42H,15-18,22H2,1-2H3/t35-/m1/s1. The minimum atomic E-state index is -0.692. The molecule has 0 spiro atoms. The van der Waals surface area contributed by atoms with Crippen LogP contribution in [0.15, 0.2) is 91.0 Å². The maximum Gasteiger partial charge on any atom is 0.255 e. The molecule has 1 aromatic heterocycles. The van der Waals surface area contributed by atoms with Gasteiger partial charge < -0.3 is 24.8 Å². The number of hydrogen-bond donors (Lipinski definition) is 2. The predicted molar refractivity (Wildman–Crippen MR) is 169 cm³/mol. The van der Waals surface area contributed by atoms with Gasteiger partial charge in [0.2, 0.25) is 0 Å². The number of piperidine rings is 1. The third kappa shape index (κ3) is 5.04. The average molecular weight is 575 g/mol. The first-order chi connectivity index (χ1) is 20.9.